The summed E-state index contributed by atoms with van der Waals surface area (Å²) in [6, 6.07) is 7.80. The van der Waals surface area contributed by atoms with Gasteiger partial charge in [-0.25, -0.2) is 10.9 Å². The van der Waals surface area contributed by atoms with Crippen LogP contribution in [0.15, 0.2) is 40.8 Å². The third kappa shape index (κ3) is 3.74. The Bertz CT molecular complexity index is 677. The number of rotatable bonds is 4. The number of carbonyl (C=O) groups is 2. The summed E-state index contributed by atoms with van der Waals surface area (Å²) in [5.74, 6) is -1.01. The lowest BCUT2D eigenvalue weighted by Gasteiger charge is -2.01. The lowest BCUT2D eigenvalue weighted by Crippen LogP contribution is -2.20. The van der Waals surface area contributed by atoms with Crippen LogP contribution in [0, 0.1) is 6.92 Å². The molecule has 0 aliphatic heterocycles. The van der Waals surface area contributed by atoms with E-state index in [0.29, 0.717) is 5.56 Å². The molecule has 2 rings (SSSR count). The van der Waals surface area contributed by atoms with Crippen LogP contribution in [-0.4, -0.2) is 23.2 Å². The Kier molecular flexibility index (Phi) is 4.81. The first kappa shape index (κ1) is 14.9. The van der Waals surface area contributed by atoms with Gasteiger partial charge in [-0.1, -0.05) is 0 Å². The number of benzene rings is 1. The van der Waals surface area contributed by atoms with Gasteiger partial charge in [0.05, 0.1) is 6.21 Å². The number of nitrogens with zero attached hydrogens (tertiary/aromatic N) is 1. The van der Waals surface area contributed by atoms with E-state index in [-0.39, 0.29) is 11.5 Å². The van der Waals surface area contributed by atoms with Gasteiger partial charge in [-0.3, -0.25) is 14.8 Å². The lowest BCUT2D eigenvalue weighted by atomic mass is 10.1. The fraction of sp³-hybridized carbons (Fsp3) is 0.0714. The maximum atomic E-state index is 11.8. The lowest BCUT2D eigenvalue weighted by molar-refractivity contribution is 0.0706. The quantitative estimate of drug-likeness (QED) is 0.458. The number of hydrogen-bond donors (Lipinski definition) is 3. The smallest absolute Gasteiger partial charge is 0.274 e. The van der Waals surface area contributed by atoms with Crippen molar-refractivity contribution in [2.24, 2.45) is 5.10 Å². The van der Waals surface area contributed by atoms with Crippen molar-refractivity contribution in [1.29, 1.82) is 0 Å². The molecule has 0 aliphatic rings. The van der Waals surface area contributed by atoms with Gasteiger partial charge in [-0.05, 0) is 48.2 Å². The van der Waals surface area contributed by atoms with Crippen LogP contribution < -0.4 is 10.9 Å². The van der Waals surface area contributed by atoms with Crippen LogP contribution in [0.25, 0.3) is 0 Å². The first-order valence-corrected chi connectivity index (χ1v) is 6.92. The van der Waals surface area contributed by atoms with Gasteiger partial charge in [-0.2, -0.15) is 5.10 Å². The van der Waals surface area contributed by atoms with E-state index in [0.717, 1.165) is 10.4 Å². The Morgan fingerprint density at radius 1 is 1.14 bits per heavy atom. The average molecular weight is 303 g/mol. The summed E-state index contributed by atoms with van der Waals surface area (Å²) in [5, 5.41) is 14.3. The number of carbonyl (C=O) groups excluding carboxylic acids is 2. The number of amides is 2. The second-order valence-electron chi connectivity index (χ2n) is 4.19. The van der Waals surface area contributed by atoms with Crippen LogP contribution in [-0.2, 0) is 0 Å². The summed E-state index contributed by atoms with van der Waals surface area (Å²) in [4.78, 5) is 24.0. The molecule has 108 valence electrons. The minimum atomic E-state index is -0.631. The van der Waals surface area contributed by atoms with E-state index in [9.17, 15) is 9.59 Å². The molecule has 0 aliphatic carbocycles. The fourth-order valence-corrected chi connectivity index (χ4v) is 2.35. The Morgan fingerprint density at radius 3 is 2.29 bits per heavy atom. The highest BCUT2D eigenvalue weighted by Gasteiger charge is 2.07. The molecular weight excluding hydrogens is 290 g/mol. The van der Waals surface area contributed by atoms with Gasteiger partial charge in [0.25, 0.3) is 11.8 Å². The second kappa shape index (κ2) is 6.78. The van der Waals surface area contributed by atoms with Crippen molar-refractivity contribution in [3.05, 3.63) is 57.3 Å². The molecule has 3 N–H and O–H groups in total. The Balaban J connectivity index is 1.99. The molecule has 0 bridgehead atoms. The van der Waals surface area contributed by atoms with E-state index in [1.54, 1.807) is 6.21 Å². The highest BCUT2D eigenvalue weighted by atomic mass is 32.1. The van der Waals surface area contributed by atoms with Crippen molar-refractivity contribution < 1.29 is 14.8 Å². The number of aryl methyl sites for hydroxylation is 1. The molecule has 7 heteroatoms. The van der Waals surface area contributed by atoms with Crippen LogP contribution >= 0.6 is 11.3 Å². The first-order chi connectivity index (χ1) is 10.1. The molecule has 0 saturated heterocycles. The number of nitrogens with one attached hydrogen (secondary N) is 2. The Hall–Kier alpha value is -2.51. The predicted molar refractivity (Wildman–Crippen MR) is 79.8 cm³/mol. The minimum absolute atomic E-state index is 0.256. The van der Waals surface area contributed by atoms with E-state index in [1.165, 1.54) is 41.1 Å². The van der Waals surface area contributed by atoms with Crippen LogP contribution in [0.1, 0.15) is 31.2 Å². The summed E-state index contributed by atoms with van der Waals surface area (Å²) in [6.45, 7) is 1.96. The first-order valence-electron chi connectivity index (χ1n) is 6.04. The number of hydrogen-bond acceptors (Lipinski definition) is 5. The van der Waals surface area contributed by atoms with Gasteiger partial charge in [0.2, 0.25) is 0 Å². The van der Waals surface area contributed by atoms with Crippen molar-refractivity contribution in [3.63, 3.8) is 0 Å². The van der Waals surface area contributed by atoms with Gasteiger partial charge in [0.15, 0.2) is 0 Å². The summed E-state index contributed by atoms with van der Waals surface area (Å²) in [6.07, 6.45) is 1.59. The normalized spacial score (nSPS) is 10.6. The van der Waals surface area contributed by atoms with E-state index in [2.05, 4.69) is 10.5 Å². The van der Waals surface area contributed by atoms with E-state index < -0.39 is 5.91 Å². The zero-order valence-electron chi connectivity index (χ0n) is 11.2. The zero-order chi connectivity index (χ0) is 15.2. The van der Waals surface area contributed by atoms with Gasteiger partial charge >= 0.3 is 0 Å². The van der Waals surface area contributed by atoms with Crippen molar-refractivity contribution in [1.82, 2.24) is 10.9 Å². The highest BCUT2D eigenvalue weighted by Crippen LogP contribution is 2.12. The predicted octanol–water partition coefficient (Wildman–Crippen LogP) is 1.94. The maximum absolute atomic E-state index is 11.8. The number of hydrazone groups is 1. The van der Waals surface area contributed by atoms with Crippen LogP contribution in [0.5, 0.6) is 0 Å². The van der Waals surface area contributed by atoms with Gasteiger partial charge in [0, 0.05) is 16.0 Å². The molecule has 1 aromatic carbocycles. The van der Waals surface area contributed by atoms with Crippen LogP contribution in [0.2, 0.25) is 0 Å². The molecule has 1 aromatic heterocycles. The van der Waals surface area contributed by atoms with E-state index in [1.807, 2.05) is 18.4 Å². The molecule has 2 amide bonds. The molecule has 6 nitrogen and oxygen atoms in total. The molecule has 0 radical (unpaired) electrons. The van der Waals surface area contributed by atoms with E-state index in [4.69, 9.17) is 5.21 Å². The molecule has 0 saturated carbocycles. The number of hydroxylamine groups is 1. The topological polar surface area (TPSA) is 90.8 Å². The monoisotopic (exact) mass is 303 g/mol. The standard InChI is InChI=1S/C14H13N3O3S/c1-9-6-7-21-12(9)8-15-16-13(18)10-2-4-11(5-3-10)14(19)17-20/h2-8,20H,1H3,(H,16,18)(H,17,19)/b15-8+. The molecule has 0 spiro atoms. The summed E-state index contributed by atoms with van der Waals surface area (Å²) in [7, 11) is 0. The van der Waals surface area contributed by atoms with Gasteiger partial charge in [-0.15, -0.1) is 11.3 Å². The zero-order valence-corrected chi connectivity index (χ0v) is 12.0. The van der Waals surface area contributed by atoms with Crippen LogP contribution in [0.3, 0.4) is 0 Å². The molecule has 2 aromatic rings. The maximum Gasteiger partial charge on any atom is 0.274 e. The molecule has 0 unspecified atom stereocenters. The fourth-order valence-electron chi connectivity index (χ4n) is 1.57. The third-order valence-corrected chi connectivity index (χ3v) is 3.71. The SMILES string of the molecule is Cc1ccsc1/C=N/NC(=O)c1ccc(C(=O)NO)cc1. The molecule has 0 fully saturated rings. The Labute approximate surface area is 125 Å². The minimum Gasteiger partial charge on any atom is -0.288 e. The average Bonchev–Trinajstić information content (AvgIpc) is 2.92. The van der Waals surface area contributed by atoms with Crippen molar-refractivity contribution in [3.8, 4) is 0 Å². The third-order valence-electron chi connectivity index (χ3n) is 2.76. The summed E-state index contributed by atoms with van der Waals surface area (Å²) < 4.78 is 0. The van der Waals surface area contributed by atoms with Crippen molar-refractivity contribution in [2.75, 3.05) is 0 Å². The van der Waals surface area contributed by atoms with E-state index >= 15 is 0 Å². The second-order valence-corrected chi connectivity index (χ2v) is 5.13. The van der Waals surface area contributed by atoms with Crippen molar-refractivity contribution >= 4 is 29.4 Å². The van der Waals surface area contributed by atoms with Gasteiger partial charge in [0.1, 0.15) is 0 Å². The largest absolute Gasteiger partial charge is 0.288 e. The molecule has 1 heterocycles. The van der Waals surface area contributed by atoms with Crippen molar-refractivity contribution in [2.45, 2.75) is 6.92 Å². The Morgan fingerprint density at radius 2 is 1.76 bits per heavy atom. The van der Waals surface area contributed by atoms with Gasteiger partial charge < -0.3 is 0 Å². The van der Waals surface area contributed by atoms with Crippen LogP contribution in [0.4, 0.5) is 0 Å². The molecular formula is C14H13N3O3S. The highest BCUT2D eigenvalue weighted by molar-refractivity contribution is 7.11. The molecule has 0 atom stereocenters. The molecule has 21 heavy (non-hydrogen) atoms. The number of thiophene rings is 1. The summed E-state index contributed by atoms with van der Waals surface area (Å²) in [5.41, 5.74) is 5.65. The summed E-state index contributed by atoms with van der Waals surface area (Å²) >= 11 is 1.54.